The SMILES string of the molecule is C=CCN(c1cnc(CN)cn1)C1CC1. The summed E-state index contributed by atoms with van der Waals surface area (Å²) in [5.41, 5.74) is 6.30. The van der Waals surface area contributed by atoms with Gasteiger partial charge in [-0.2, -0.15) is 0 Å². The van der Waals surface area contributed by atoms with Gasteiger partial charge in [0.1, 0.15) is 5.82 Å². The Morgan fingerprint density at radius 1 is 1.47 bits per heavy atom. The Hall–Kier alpha value is -1.42. The lowest BCUT2D eigenvalue weighted by Gasteiger charge is -2.21. The Bertz CT molecular complexity index is 329. The molecule has 1 heterocycles. The molecule has 1 aromatic rings. The molecule has 1 aliphatic rings. The van der Waals surface area contributed by atoms with Crippen molar-refractivity contribution in [2.45, 2.75) is 25.4 Å². The molecule has 1 fully saturated rings. The number of nitrogens with two attached hydrogens (primary N) is 1. The van der Waals surface area contributed by atoms with E-state index in [0.29, 0.717) is 12.6 Å². The van der Waals surface area contributed by atoms with Gasteiger partial charge >= 0.3 is 0 Å². The van der Waals surface area contributed by atoms with Crippen LogP contribution in [-0.2, 0) is 6.54 Å². The number of anilines is 1. The van der Waals surface area contributed by atoms with Crippen molar-refractivity contribution in [2.75, 3.05) is 11.4 Å². The molecule has 0 atom stereocenters. The average molecular weight is 204 g/mol. The van der Waals surface area contributed by atoms with Gasteiger partial charge < -0.3 is 10.6 Å². The van der Waals surface area contributed by atoms with Crippen molar-refractivity contribution in [2.24, 2.45) is 5.73 Å². The maximum Gasteiger partial charge on any atom is 0.147 e. The molecule has 0 unspecified atom stereocenters. The first kappa shape index (κ1) is 10.1. The molecule has 0 saturated heterocycles. The Balaban J connectivity index is 2.14. The third kappa shape index (κ3) is 2.33. The molecule has 1 saturated carbocycles. The summed E-state index contributed by atoms with van der Waals surface area (Å²) in [5.74, 6) is 0.926. The van der Waals surface area contributed by atoms with Crippen molar-refractivity contribution < 1.29 is 0 Å². The van der Waals surface area contributed by atoms with Gasteiger partial charge in [-0.05, 0) is 12.8 Å². The maximum absolute atomic E-state index is 5.47. The van der Waals surface area contributed by atoms with Crippen LogP contribution in [0.15, 0.2) is 25.0 Å². The van der Waals surface area contributed by atoms with Crippen molar-refractivity contribution in [1.29, 1.82) is 0 Å². The molecular formula is C11H16N4. The first-order valence-electron chi connectivity index (χ1n) is 5.23. The fourth-order valence-electron chi connectivity index (χ4n) is 1.56. The second kappa shape index (κ2) is 4.40. The van der Waals surface area contributed by atoms with Crippen molar-refractivity contribution >= 4 is 5.82 Å². The highest BCUT2D eigenvalue weighted by Gasteiger charge is 2.29. The molecule has 15 heavy (non-hydrogen) atoms. The minimum absolute atomic E-state index is 0.443. The van der Waals surface area contributed by atoms with Crippen LogP contribution >= 0.6 is 0 Å². The molecule has 0 aliphatic heterocycles. The first-order chi connectivity index (χ1) is 7.35. The van der Waals surface area contributed by atoms with Crippen LogP contribution in [0.1, 0.15) is 18.5 Å². The monoisotopic (exact) mass is 204 g/mol. The van der Waals surface area contributed by atoms with Crippen LogP contribution in [0.3, 0.4) is 0 Å². The number of hydrogen-bond acceptors (Lipinski definition) is 4. The molecule has 0 bridgehead atoms. The van der Waals surface area contributed by atoms with E-state index in [2.05, 4.69) is 21.4 Å². The number of rotatable bonds is 5. The molecule has 0 radical (unpaired) electrons. The van der Waals surface area contributed by atoms with Crippen molar-refractivity contribution in [3.63, 3.8) is 0 Å². The van der Waals surface area contributed by atoms with Crippen molar-refractivity contribution in [3.8, 4) is 0 Å². The van der Waals surface area contributed by atoms with Gasteiger partial charge in [-0.15, -0.1) is 6.58 Å². The van der Waals surface area contributed by atoms with E-state index in [1.54, 1.807) is 12.4 Å². The van der Waals surface area contributed by atoms with Gasteiger partial charge in [0.2, 0.25) is 0 Å². The lowest BCUT2D eigenvalue weighted by Crippen LogP contribution is -2.26. The van der Waals surface area contributed by atoms with Crippen LogP contribution < -0.4 is 10.6 Å². The highest BCUT2D eigenvalue weighted by atomic mass is 15.2. The van der Waals surface area contributed by atoms with Crippen molar-refractivity contribution in [1.82, 2.24) is 9.97 Å². The van der Waals surface area contributed by atoms with Crippen LogP contribution in [0.4, 0.5) is 5.82 Å². The Morgan fingerprint density at radius 2 is 2.27 bits per heavy atom. The second-order valence-corrected chi connectivity index (χ2v) is 3.74. The van der Waals surface area contributed by atoms with Gasteiger partial charge in [-0.1, -0.05) is 6.08 Å². The zero-order chi connectivity index (χ0) is 10.7. The maximum atomic E-state index is 5.47. The molecule has 0 aromatic carbocycles. The highest BCUT2D eigenvalue weighted by Crippen LogP contribution is 2.29. The predicted octanol–water partition coefficient (Wildman–Crippen LogP) is 1.09. The van der Waals surface area contributed by atoms with Gasteiger partial charge in [-0.3, -0.25) is 4.98 Å². The molecule has 4 nitrogen and oxygen atoms in total. The summed E-state index contributed by atoms with van der Waals surface area (Å²) in [4.78, 5) is 10.8. The van der Waals surface area contributed by atoms with E-state index in [0.717, 1.165) is 18.1 Å². The van der Waals surface area contributed by atoms with E-state index in [1.807, 2.05) is 6.08 Å². The minimum Gasteiger partial charge on any atom is -0.349 e. The minimum atomic E-state index is 0.443. The Labute approximate surface area is 89.8 Å². The van der Waals surface area contributed by atoms with E-state index in [4.69, 9.17) is 5.73 Å². The van der Waals surface area contributed by atoms with Crippen LogP contribution in [-0.4, -0.2) is 22.6 Å². The largest absolute Gasteiger partial charge is 0.349 e. The summed E-state index contributed by atoms with van der Waals surface area (Å²) >= 11 is 0. The van der Waals surface area contributed by atoms with Crippen LogP contribution in [0.25, 0.3) is 0 Å². The quantitative estimate of drug-likeness (QED) is 0.729. The van der Waals surface area contributed by atoms with Crippen LogP contribution in [0, 0.1) is 0 Å². The zero-order valence-electron chi connectivity index (χ0n) is 8.76. The smallest absolute Gasteiger partial charge is 0.147 e. The van der Waals surface area contributed by atoms with Gasteiger partial charge in [0.25, 0.3) is 0 Å². The summed E-state index contributed by atoms with van der Waals surface area (Å²) in [7, 11) is 0. The fraction of sp³-hybridized carbons (Fsp3) is 0.455. The Morgan fingerprint density at radius 3 is 2.73 bits per heavy atom. The molecule has 1 aliphatic carbocycles. The van der Waals surface area contributed by atoms with Crippen molar-refractivity contribution in [3.05, 3.63) is 30.7 Å². The molecule has 1 aromatic heterocycles. The number of nitrogens with zero attached hydrogens (tertiary/aromatic N) is 3. The standard InChI is InChI=1S/C11H16N4/c1-2-5-15(10-3-4-10)11-8-13-9(6-12)7-14-11/h2,7-8,10H,1,3-6,12H2. The summed E-state index contributed by atoms with van der Waals surface area (Å²) in [6.07, 6.45) is 7.93. The van der Waals surface area contributed by atoms with E-state index >= 15 is 0 Å². The third-order valence-corrected chi connectivity index (χ3v) is 2.51. The lowest BCUT2D eigenvalue weighted by molar-refractivity contribution is 0.827. The van der Waals surface area contributed by atoms with Gasteiger partial charge in [0.05, 0.1) is 18.1 Å². The predicted molar refractivity (Wildman–Crippen MR) is 60.5 cm³/mol. The molecular weight excluding hydrogens is 188 g/mol. The van der Waals surface area contributed by atoms with E-state index in [-0.39, 0.29) is 0 Å². The Kier molecular flexibility index (Phi) is 2.97. The topological polar surface area (TPSA) is 55.0 Å². The van der Waals surface area contributed by atoms with Gasteiger partial charge in [0.15, 0.2) is 0 Å². The van der Waals surface area contributed by atoms with E-state index in [1.165, 1.54) is 12.8 Å². The summed E-state index contributed by atoms with van der Waals surface area (Å²) in [6.45, 7) is 5.04. The van der Waals surface area contributed by atoms with Crippen LogP contribution in [0.2, 0.25) is 0 Å². The summed E-state index contributed by atoms with van der Waals surface area (Å²) in [5, 5.41) is 0. The second-order valence-electron chi connectivity index (χ2n) is 3.74. The van der Waals surface area contributed by atoms with Gasteiger partial charge in [0, 0.05) is 19.1 Å². The molecule has 0 amide bonds. The average Bonchev–Trinajstić information content (AvgIpc) is 3.10. The molecule has 4 heteroatoms. The van der Waals surface area contributed by atoms with E-state index in [9.17, 15) is 0 Å². The summed E-state index contributed by atoms with van der Waals surface area (Å²) in [6, 6.07) is 0.626. The number of aromatic nitrogens is 2. The normalized spacial score (nSPS) is 15.0. The zero-order valence-corrected chi connectivity index (χ0v) is 8.76. The fourth-order valence-corrected chi connectivity index (χ4v) is 1.56. The molecule has 0 spiro atoms. The third-order valence-electron chi connectivity index (χ3n) is 2.51. The van der Waals surface area contributed by atoms with Crippen LogP contribution in [0.5, 0.6) is 0 Å². The molecule has 80 valence electrons. The molecule has 2 N–H and O–H groups in total. The first-order valence-corrected chi connectivity index (χ1v) is 5.23. The number of hydrogen-bond donors (Lipinski definition) is 1. The summed E-state index contributed by atoms with van der Waals surface area (Å²) < 4.78 is 0. The van der Waals surface area contributed by atoms with E-state index < -0.39 is 0 Å². The van der Waals surface area contributed by atoms with Gasteiger partial charge in [-0.25, -0.2) is 4.98 Å². The lowest BCUT2D eigenvalue weighted by atomic mass is 10.4. The molecule has 2 rings (SSSR count). The highest BCUT2D eigenvalue weighted by molar-refractivity contribution is 5.40.